The van der Waals surface area contributed by atoms with Crippen LogP contribution in [0.15, 0.2) is 23.1 Å². The van der Waals surface area contributed by atoms with Crippen molar-refractivity contribution in [1.82, 2.24) is 4.72 Å². The highest BCUT2D eigenvalue weighted by Gasteiger charge is 2.35. The fourth-order valence-corrected chi connectivity index (χ4v) is 2.87. The molecule has 0 unspecified atom stereocenters. The summed E-state index contributed by atoms with van der Waals surface area (Å²) in [6.07, 6.45) is 0. The molecule has 20 heavy (non-hydrogen) atoms. The summed E-state index contributed by atoms with van der Waals surface area (Å²) in [5.41, 5.74) is -0.891. The van der Waals surface area contributed by atoms with Gasteiger partial charge in [0.15, 0.2) is 11.6 Å². The summed E-state index contributed by atoms with van der Waals surface area (Å²) in [5, 5.41) is 9.06. The van der Waals surface area contributed by atoms with Crippen molar-refractivity contribution >= 4 is 16.0 Å². The van der Waals surface area contributed by atoms with Gasteiger partial charge in [-0.05, 0) is 23.6 Å². The van der Waals surface area contributed by atoms with E-state index in [1.807, 2.05) is 4.72 Å². The lowest BCUT2D eigenvalue weighted by Crippen LogP contribution is -2.48. The van der Waals surface area contributed by atoms with Gasteiger partial charge in [-0.3, -0.25) is 4.79 Å². The Hall–Kier alpha value is -1.54. The van der Waals surface area contributed by atoms with E-state index in [4.69, 9.17) is 5.11 Å². The number of halogens is 2. The number of benzene rings is 1. The molecule has 1 rings (SSSR count). The lowest BCUT2D eigenvalue weighted by Gasteiger charge is -2.27. The molecule has 2 N–H and O–H groups in total. The third-order valence-corrected chi connectivity index (χ3v) is 4.01. The molecule has 1 atom stereocenters. The van der Waals surface area contributed by atoms with E-state index in [1.54, 1.807) is 20.8 Å². The zero-order valence-corrected chi connectivity index (χ0v) is 12.0. The minimum absolute atomic E-state index is 0.499. The molecule has 0 saturated carbocycles. The Morgan fingerprint density at radius 1 is 1.25 bits per heavy atom. The van der Waals surface area contributed by atoms with Crippen LogP contribution in [0.1, 0.15) is 20.8 Å². The van der Waals surface area contributed by atoms with Crippen molar-refractivity contribution in [3.05, 3.63) is 29.8 Å². The van der Waals surface area contributed by atoms with Crippen molar-refractivity contribution in [2.45, 2.75) is 31.7 Å². The predicted octanol–water partition coefficient (Wildman–Crippen LogP) is 1.74. The predicted molar refractivity (Wildman–Crippen MR) is 67.6 cm³/mol. The van der Waals surface area contributed by atoms with Crippen LogP contribution < -0.4 is 4.72 Å². The normalized spacial score (nSPS) is 14.1. The maximum atomic E-state index is 13.1. The van der Waals surface area contributed by atoms with Gasteiger partial charge in [-0.15, -0.1) is 0 Å². The average molecular weight is 307 g/mol. The number of hydrogen-bond donors (Lipinski definition) is 2. The Kier molecular flexibility index (Phi) is 4.50. The van der Waals surface area contributed by atoms with Crippen LogP contribution in [-0.2, 0) is 14.8 Å². The van der Waals surface area contributed by atoms with Gasteiger partial charge >= 0.3 is 5.97 Å². The van der Waals surface area contributed by atoms with E-state index in [1.165, 1.54) is 0 Å². The fourth-order valence-electron chi connectivity index (χ4n) is 1.46. The number of carboxylic acid groups (broad SMARTS) is 1. The average Bonchev–Trinajstić information content (AvgIpc) is 2.27. The molecule has 0 fully saturated rings. The van der Waals surface area contributed by atoms with Gasteiger partial charge in [0, 0.05) is 0 Å². The zero-order valence-electron chi connectivity index (χ0n) is 11.1. The lowest BCUT2D eigenvalue weighted by atomic mass is 9.88. The number of aliphatic carboxylic acids is 1. The van der Waals surface area contributed by atoms with E-state index < -0.39 is 44.0 Å². The van der Waals surface area contributed by atoms with E-state index in [9.17, 15) is 22.0 Å². The number of carboxylic acids is 1. The van der Waals surface area contributed by atoms with Crippen molar-refractivity contribution in [2.75, 3.05) is 0 Å². The van der Waals surface area contributed by atoms with E-state index in [-0.39, 0.29) is 0 Å². The first kappa shape index (κ1) is 16.5. The van der Waals surface area contributed by atoms with Gasteiger partial charge < -0.3 is 5.11 Å². The van der Waals surface area contributed by atoms with Crippen LogP contribution in [-0.4, -0.2) is 25.5 Å². The molecule has 5 nitrogen and oxygen atoms in total. The number of nitrogens with one attached hydrogen (secondary N) is 1. The minimum Gasteiger partial charge on any atom is -0.480 e. The molecular weight excluding hydrogens is 292 g/mol. The molecule has 0 aliphatic rings. The zero-order chi connectivity index (χ0) is 15.7. The first-order valence-electron chi connectivity index (χ1n) is 5.65. The van der Waals surface area contributed by atoms with E-state index in [0.29, 0.717) is 12.1 Å². The van der Waals surface area contributed by atoms with Crippen LogP contribution >= 0.6 is 0 Å². The molecule has 0 aromatic heterocycles. The molecule has 112 valence electrons. The topological polar surface area (TPSA) is 83.5 Å². The lowest BCUT2D eigenvalue weighted by molar-refractivity contribution is -0.141. The molecule has 8 heteroatoms. The number of hydrogen-bond acceptors (Lipinski definition) is 3. The highest BCUT2D eigenvalue weighted by atomic mass is 32.2. The molecule has 0 bridgehead atoms. The van der Waals surface area contributed by atoms with Gasteiger partial charge in [0.05, 0.1) is 4.90 Å². The Labute approximate surface area is 115 Å². The summed E-state index contributed by atoms with van der Waals surface area (Å²) >= 11 is 0. The number of sulfonamides is 1. The third-order valence-electron chi connectivity index (χ3n) is 2.59. The molecule has 0 amide bonds. The van der Waals surface area contributed by atoms with Crippen LogP contribution in [0.25, 0.3) is 0 Å². The third kappa shape index (κ3) is 3.73. The molecule has 0 radical (unpaired) electrons. The standard InChI is InChI=1S/C12H15F2NO4S/c1-12(2,3)10(11(16)17)15-20(18,19)7-4-5-8(13)9(14)6-7/h4-6,10,15H,1-3H3,(H,16,17)/t10-/m0/s1. The van der Waals surface area contributed by atoms with E-state index in [0.717, 1.165) is 6.07 Å². The van der Waals surface area contributed by atoms with Crippen molar-refractivity contribution in [1.29, 1.82) is 0 Å². The summed E-state index contributed by atoms with van der Waals surface area (Å²) in [7, 11) is -4.26. The Balaban J connectivity index is 3.16. The van der Waals surface area contributed by atoms with Crippen LogP contribution in [0.5, 0.6) is 0 Å². The molecule has 0 heterocycles. The molecule has 0 aliphatic carbocycles. The van der Waals surface area contributed by atoms with E-state index in [2.05, 4.69) is 0 Å². The SMILES string of the molecule is CC(C)(C)[C@@H](NS(=O)(=O)c1ccc(F)c(F)c1)C(=O)O. The van der Waals surface area contributed by atoms with Crippen molar-refractivity contribution in [2.24, 2.45) is 5.41 Å². The molecule has 0 aliphatic heterocycles. The van der Waals surface area contributed by atoms with Gasteiger partial charge in [0.25, 0.3) is 0 Å². The molecule has 1 aromatic carbocycles. The second kappa shape index (κ2) is 5.45. The van der Waals surface area contributed by atoms with Crippen LogP contribution in [0.4, 0.5) is 8.78 Å². The van der Waals surface area contributed by atoms with Gasteiger partial charge in [-0.25, -0.2) is 17.2 Å². The van der Waals surface area contributed by atoms with Crippen LogP contribution in [0.3, 0.4) is 0 Å². The maximum absolute atomic E-state index is 13.1. The van der Waals surface area contributed by atoms with Crippen molar-refractivity contribution in [3.8, 4) is 0 Å². The van der Waals surface area contributed by atoms with Gasteiger partial charge in [-0.1, -0.05) is 20.8 Å². The maximum Gasteiger partial charge on any atom is 0.322 e. The summed E-state index contributed by atoms with van der Waals surface area (Å²) in [6.45, 7) is 4.62. The van der Waals surface area contributed by atoms with Crippen molar-refractivity contribution in [3.63, 3.8) is 0 Å². The Bertz CT molecular complexity index is 623. The van der Waals surface area contributed by atoms with E-state index >= 15 is 0 Å². The summed E-state index contributed by atoms with van der Waals surface area (Å²) in [5.74, 6) is -3.87. The molecular formula is C12H15F2NO4S. The summed E-state index contributed by atoms with van der Waals surface area (Å²) in [4.78, 5) is 10.6. The smallest absolute Gasteiger partial charge is 0.322 e. The summed E-state index contributed by atoms with van der Waals surface area (Å²) in [6, 6.07) is 0.624. The van der Waals surface area contributed by atoms with Crippen molar-refractivity contribution < 1.29 is 27.1 Å². The fraction of sp³-hybridized carbons (Fsp3) is 0.417. The first-order chi connectivity index (χ1) is 8.95. The molecule has 1 aromatic rings. The van der Waals surface area contributed by atoms with Crippen LogP contribution in [0.2, 0.25) is 0 Å². The monoisotopic (exact) mass is 307 g/mol. The Morgan fingerprint density at radius 2 is 1.80 bits per heavy atom. The molecule has 0 spiro atoms. The Morgan fingerprint density at radius 3 is 2.20 bits per heavy atom. The van der Waals surface area contributed by atoms with Gasteiger partial charge in [0.2, 0.25) is 10.0 Å². The summed E-state index contributed by atoms with van der Waals surface area (Å²) < 4.78 is 51.8. The second-order valence-corrected chi connectivity index (χ2v) is 7.05. The largest absolute Gasteiger partial charge is 0.480 e. The van der Waals surface area contributed by atoms with Gasteiger partial charge in [0.1, 0.15) is 6.04 Å². The first-order valence-corrected chi connectivity index (χ1v) is 7.13. The van der Waals surface area contributed by atoms with Gasteiger partial charge in [-0.2, -0.15) is 4.72 Å². The van der Waals surface area contributed by atoms with Crippen LogP contribution in [0, 0.1) is 17.0 Å². The molecule has 0 saturated heterocycles. The quantitative estimate of drug-likeness (QED) is 0.887. The minimum atomic E-state index is -4.26. The number of rotatable bonds is 4. The highest BCUT2D eigenvalue weighted by Crippen LogP contribution is 2.22. The number of carbonyl (C=O) groups is 1. The highest BCUT2D eigenvalue weighted by molar-refractivity contribution is 7.89. The second-order valence-electron chi connectivity index (χ2n) is 5.33.